The lowest BCUT2D eigenvalue weighted by atomic mass is 10.0. The fourth-order valence-electron chi connectivity index (χ4n) is 4.92. The van der Waals surface area contributed by atoms with Crippen LogP contribution in [0.25, 0.3) is 0 Å². The van der Waals surface area contributed by atoms with Crippen molar-refractivity contribution >= 4 is 11.9 Å². The predicted octanol–water partition coefficient (Wildman–Crippen LogP) is 8.47. The Bertz CT molecular complexity index is 828. The van der Waals surface area contributed by atoms with Gasteiger partial charge in [0.25, 0.3) is 5.91 Å². The Labute approximate surface area is 219 Å². The zero-order chi connectivity index (χ0) is 27.1. The molecule has 1 heterocycles. The van der Waals surface area contributed by atoms with Crippen molar-refractivity contribution in [3.8, 4) is 0 Å². The number of benzene rings is 1. The molecule has 0 aromatic heterocycles. The summed E-state index contributed by atoms with van der Waals surface area (Å²) in [5.74, 6) is -2.54. The van der Waals surface area contributed by atoms with E-state index in [0.717, 1.165) is 24.2 Å². The third kappa shape index (κ3) is 11.0. The van der Waals surface area contributed by atoms with Crippen LogP contribution in [0.3, 0.4) is 0 Å². The number of carbonyl (C=O) groups excluding carboxylic acids is 2. The summed E-state index contributed by atoms with van der Waals surface area (Å²) in [4.78, 5) is 26.5. The number of hydrogen-bond donors (Lipinski definition) is 0. The van der Waals surface area contributed by atoms with Gasteiger partial charge in [-0.15, -0.1) is 0 Å². The maximum absolute atomic E-state index is 13.6. The molecule has 0 bridgehead atoms. The molecule has 8 heteroatoms. The SMILES string of the molecule is CCCCCCCCCCCCCCCCOC(=O)C1CCCN1C(=O)c1cc(F)ccc1C(F)(F)F. The topological polar surface area (TPSA) is 46.6 Å². The van der Waals surface area contributed by atoms with Crippen LogP contribution in [0, 0.1) is 5.82 Å². The first-order chi connectivity index (χ1) is 17.8. The highest BCUT2D eigenvalue weighted by atomic mass is 19.4. The van der Waals surface area contributed by atoms with Crippen molar-refractivity contribution in [2.24, 2.45) is 0 Å². The van der Waals surface area contributed by atoms with Crippen molar-refractivity contribution in [3.05, 3.63) is 35.1 Å². The van der Waals surface area contributed by atoms with Crippen molar-refractivity contribution in [2.45, 2.75) is 122 Å². The van der Waals surface area contributed by atoms with Crippen LogP contribution in [0.2, 0.25) is 0 Å². The summed E-state index contributed by atoms with van der Waals surface area (Å²) in [6.45, 7) is 2.59. The standard InChI is InChI=1S/C29H43F4NO3/c1-2-3-4-5-6-7-8-9-10-11-12-13-14-15-21-37-28(36)26-17-16-20-34(26)27(35)24-22-23(30)18-19-25(24)29(31,32)33/h18-19,22,26H,2-17,20-21H2,1H3. The normalized spacial score (nSPS) is 15.8. The summed E-state index contributed by atoms with van der Waals surface area (Å²) in [7, 11) is 0. The number of halogens is 4. The second kappa shape index (κ2) is 16.7. The summed E-state index contributed by atoms with van der Waals surface area (Å²) in [5, 5.41) is 0. The van der Waals surface area contributed by atoms with Gasteiger partial charge in [0.15, 0.2) is 0 Å². The van der Waals surface area contributed by atoms with Gasteiger partial charge in [-0.1, -0.05) is 90.4 Å². The van der Waals surface area contributed by atoms with Crippen molar-refractivity contribution < 1.29 is 31.9 Å². The second-order valence-electron chi connectivity index (χ2n) is 10.1. The fourth-order valence-corrected chi connectivity index (χ4v) is 4.92. The van der Waals surface area contributed by atoms with Crippen LogP contribution in [0.15, 0.2) is 18.2 Å². The van der Waals surface area contributed by atoms with E-state index in [2.05, 4.69) is 6.92 Å². The smallest absolute Gasteiger partial charge is 0.417 e. The number of esters is 1. The molecule has 1 fully saturated rings. The fraction of sp³-hybridized carbons (Fsp3) is 0.724. The Morgan fingerprint density at radius 3 is 1.97 bits per heavy atom. The number of nitrogens with zero attached hydrogens (tertiary/aromatic N) is 1. The average molecular weight is 530 g/mol. The maximum Gasteiger partial charge on any atom is 0.417 e. The van der Waals surface area contributed by atoms with Gasteiger partial charge in [0.2, 0.25) is 0 Å². The largest absolute Gasteiger partial charge is 0.464 e. The summed E-state index contributed by atoms with van der Waals surface area (Å²) >= 11 is 0. The van der Waals surface area contributed by atoms with E-state index in [1.165, 1.54) is 64.2 Å². The van der Waals surface area contributed by atoms with E-state index in [4.69, 9.17) is 4.74 Å². The molecule has 0 aliphatic carbocycles. The number of likely N-dealkylation sites (tertiary alicyclic amines) is 1. The minimum atomic E-state index is -4.80. The molecule has 4 nitrogen and oxygen atoms in total. The van der Waals surface area contributed by atoms with Gasteiger partial charge >= 0.3 is 12.1 Å². The molecule has 1 amide bonds. The maximum atomic E-state index is 13.6. The summed E-state index contributed by atoms with van der Waals surface area (Å²) < 4.78 is 59.0. The number of alkyl halides is 3. The van der Waals surface area contributed by atoms with Crippen molar-refractivity contribution in [3.63, 3.8) is 0 Å². The van der Waals surface area contributed by atoms with E-state index in [-0.39, 0.29) is 13.2 Å². The van der Waals surface area contributed by atoms with E-state index in [9.17, 15) is 27.2 Å². The molecule has 0 N–H and O–H groups in total. The first kappa shape index (κ1) is 31.1. The third-order valence-electron chi connectivity index (χ3n) is 7.05. The highest BCUT2D eigenvalue weighted by molar-refractivity contribution is 5.98. The second-order valence-corrected chi connectivity index (χ2v) is 10.1. The van der Waals surface area contributed by atoms with Gasteiger partial charge in [0, 0.05) is 6.54 Å². The van der Waals surface area contributed by atoms with E-state index >= 15 is 0 Å². The molecular formula is C29H43F4NO3. The molecule has 0 spiro atoms. The molecule has 210 valence electrons. The molecule has 1 aromatic carbocycles. The monoisotopic (exact) mass is 529 g/mol. The number of ether oxygens (including phenoxy) is 1. The molecule has 1 atom stereocenters. The first-order valence-corrected chi connectivity index (χ1v) is 14.1. The Morgan fingerprint density at radius 1 is 0.892 bits per heavy atom. The molecule has 0 saturated carbocycles. The Hall–Kier alpha value is -2.12. The summed E-state index contributed by atoms with van der Waals surface area (Å²) in [6, 6.07) is 0.872. The van der Waals surface area contributed by atoms with Crippen LogP contribution in [0.1, 0.15) is 126 Å². The van der Waals surface area contributed by atoms with E-state index in [1.54, 1.807) is 0 Å². The molecule has 1 aliphatic heterocycles. The molecule has 1 saturated heterocycles. The Kier molecular flexibility index (Phi) is 14.0. The lowest BCUT2D eigenvalue weighted by molar-refractivity contribution is -0.148. The summed E-state index contributed by atoms with van der Waals surface area (Å²) in [6.07, 6.45) is 13.0. The van der Waals surface area contributed by atoms with Gasteiger partial charge in [0.1, 0.15) is 11.9 Å². The van der Waals surface area contributed by atoms with Crippen LogP contribution < -0.4 is 0 Å². The van der Waals surface area contributed by atoms with Crippen molar-refractivity contribution in [1.29, 1.82) is 0 Å². The number of unbranched alkanes of at least 4 members (excludes halogenated alkanes) is 13. The molecule has 1 aliphatic rings. The minimum absolute atomic E-state index is 0.130. The van der Waals surface area contributed by atoms with Crippen molar-refractivity contribution in [2.75, 3.05) is 13.2 Å². The molecule has 0 radical (unpaired) electrons. The number of rotatable bonds is 17. The van der Waals surface area contributed by atoms with Gasteiger partial charge in [-0.3, -0.25) is 4.79 Å². The zero-order valence-electron chi connectivity index (χ0n) is 22.2. The molecular weight excluding hydrogens is 486 g/mol. The zero-order valence-corrected chi connectivity index (χ0v) is 22.2. The highest BCUT2D eigenvalue weighted by Crippen LogP contribution is 2.34. The van der Waals surface area contributed by atoms with Crippen LogP contribution in [0.4, 0.5) is 17.6 Å². The third-order valence-corrected chi connectivity index (χ3v) is 7.05. The lowest BCUT2D eigenvalue weighted by Gasteiger charge is -2.24. The van der Waals surface area contributed by atoms with E-state index in [0.29, 0.717) is 37.5 Å². The van der Waals surface area contributed by atoms with Gasteiger partial charge in [0.05, 0.1) is 17.7 Å². The highest BCUT2D eigenvalue weighted by Gasteiger charge is 2.40. The van der Waals surface area contributed by atoms with Crippen LogP contribution in [0.5, 0.6) is 0 Å². The van der Waals surface area contributed by atoms with E-state index < -0.39 is 41.0 Å². The van der Waals surface area contributed by atoms with Crippen LogP contribution in [-0.4, -0.2) is 36.0 Å². The van der Waals surface area contributed by atoms with Gasteiger partial charge < -0.3 is 9.64 Å². The van der Waals surface area contributed by atoms with Gasteiger partial charge in [-0.2, -0.15) is 13.2 Å². The first-order valence-electron chi connectivity index (χ1n) is 14.1. The number of amides is 1. The van der Waals surface area contributed by atoms with Crippen LogP contribution >= 0.6 is 0 Å². The quantitative estimate of drug-likeness (QED) is 0.115. The van der Waals surface area contributed by atoms with Crippen molar-refractivity contribution in [1.82, 2.24) is 4.90 Å². The van der Waals surface area contributed by atoms with Gasteiger partial charge in [-0.25, -0.2) is 9.18 Å². The number of carbonyl (C=O) groups is 2. The predicted molar refractivity (Wildman–Crippen MR) is 137 cm³/mol. The van der Waals surface area contributed by atoms with Crippen LogP contribution in [-0.2, 0) is 15.7 Å². The Morgan fingerprint density at radius 2 is 1.43 bits per heavy atom. The molecule has 37 heavy (non-hydrogen) atoms. The lowest BCUT2D eigenvalue weighted by Crippen LogP contribution is -2.42. The Balaban J connectivity index is 1.63. The molecule has 1 aromatic rings. The average Bonchev–Trinajstić information content (AvgIpc) is 3.35. The van der Waals surface area contributed by atoms with Gasteiger partial charge in [-0.05, 0) is 37.5 Å². The molecule has 2 rings (SSSR count). The molecule has 1 unspecified atom stereocenters. The summed E-state index contributed by atoms with van der Waals surface area (Å²) in [5.41, 5.74) is -1.99. The van der Waals surface area contributed by atoms with E-state index in [1.807, 2.05) is 0 Å². The number of hydrogen-bond acceptors (Lipinski definition) is 3. The minimum Gasteiger partial charge on any atom is -0.464 e.